The summed E-state index contributed by atoms with van der Waals surface area (Å²) in [7, 11) is 1.62. The van der Waals surface area contributed by atoms with Gasteiger partial charge in [0.2, 0.25) is 5.91 Å². The third kappa shape index (κ3) is 3.35. The van der Waals surface area contributed by atoms with Crippen LogP contribution in [0.25, 0.3) is 0 Å². The minimum atomic E-state index is -0.201. The van der Waals surface area contributed by atoms with Crippen LogP contribution in [-0.4, -0.2) is 19.6 Å². The van der Waals surface area contributed by atoms with Crippen LogP contribution < -0.4 is 5.32 Å². The summed E-state index contributed by atoms with van der Waals surface area (Å²) in [6.45, 7) is 0.472. The molecule has 4 nitrogen and oxygen atoms in total. The lowest BCUT2D eigenvalue weighted by Crippen LogP contribution is -2.35. The van der Waals surface area contributed by atoms with Crippen LogP contribution in [0.1, 0.15) is 44.0 Å². The van der Waals surface area contributed by atoms with Gasteiger partial charge in [-0.3, -0.25) is 4.79 Å². The fraction of sp³-hybridized carbons (Fsp3) is 0.643. The summed E-state index contributed by atoms with van der Waals surface area (Å²) in [4.78, 5) is 12.0. The zero-order valence-corrected chi connectivity index (χ0v) is 10.9. The molecule has 1 aliphatic rings. The van der Waals surface area contributed by atoms with Crippen LogP contribution in [-0.2, 0) is 9.53 Å². The normalized spacial score (nSPS) is 18.5. The molecule has 1 amide bonds. The summed E-state index contributed by atoms with van der Waals surface area (Å²) in [5.41, 5.74) is 0. The molecule has 1 fully saturated rings. The minimum Gasteiger partial charge on any atom is -0.467 e. The van der Waals surface area contributed by atoms with Crippen molar-refractivity contribution in [1.29, 1.82) is 0 Å². The molecular formula is C14H21NO3. The molecule has 2 rings (SSSR count). The Kier molecular flexibility index (Phi) is 4.81. The van der Waals surface area contributed by atoms with Gasteiger partial charge >= 0.3 is 0 Å². The van der Waals surface area contributed by atoms with Crippen LogP contribution in [0.5, 0.6) is 0 Å². The monoisotopic (exact) mass is 251 g/mol. The predicted octanol–water partition coefficient (Wildman–Crippen LogP) is 2.66. The average Bonchev–Trinajstić information content (AvgIpc) is 2.94. The molecule has 0 bridgehead atoms. The Labute approximate surface area is 108 Å². The van der Waals surface area contributed by atoms with Gasteiger partial charge in [-0.15, -0.1) is 0 Å². The maximum Gasteiger partial charge on any atom is 0.223 e. The first-order chi connectivity index (χ1) is 8.81. The van der Waals surface area contributed by atoms with Crippen LogP contribution in [0.4, 0.5) is 0 Å². The lowest BCUT2D eigenvalue weighted by atomic mass is 9.88. The van der Waals surface area contributed by atoms with E-state index in [-0.39, 0.29) is 17.9 Å². The Bertz CT molecular complexity index is 355. The van der Waals surface area contributed by atoms with Gasteiger partial charge in [-0.2, -0.15) is 0 Å². The SMILES string of the molecule is COC(CNC(=O)C1CCCCC1)c1ccco1. The molecule has 1 aromatic rings. The van der Waals surface area contributed by atoms with E-state index in [0.29, 0.717) is 6.54 Å². The fourth-order valence-electron chi connectivity index (χ4n) is 2.48. The standard InChI is InChI=1S/C14H21NO3/c1-17-13(12-8-5-9-18-12)10-15-14(16)11-6-3-2-4-7-11/h5,8-9,11,13H,2-4,6-7,10H2,1H3,(H,15,16). The zero-order valence-electron chi connectivity index (χ0n) is 10.9. The Morgan fingerprint density at radius 3 is 2.89 bits per heavy atom. The molecule has 0 radical (unpaired) electrons. The van der Waals surface area contributed by atoms with Gasteiger partial charge in [-0.1, -0.05) is 19.3 Å². The first-order valence-electron chi connectivity index (χ1n) is 6.65. The molecule has 1 atom stereocenters. The number of methoxy groups -OCH3 is 1. The molecule has 0 spiro atoms. The van der Waals surface area contributed by atoms with Gasteiger partial charge in [0.25, 0.3) is 0 Å². The lowest BCUT2D eigenvalue weighted by molar-refractivity contribution is -0.126. The van der Waals surface area contributed by atoms with Crippen molar-refractivity contribution in [1.82, 2.24) is 5.32 Å². The zero-order chi connectivity index (χ0) is 12.8. The maximum atomic E-state index is 12.0. The smallest absolute Gasteiger partial charge is 0.223 e. The summed E-state index contributed by atoms with van der Waals surface area (Å²) < 4.78 is 10.6. The highest BCUT2D eigenvalue weighted by Crippen LogP contribution is 2.24. The molecule has 4 heteroatoms. The molecule has 1 heterocycles. The van der Waals surface area contributed by atoms with Gasteiger partial charge in [0.05, 0.1) is 12.8 Å². The van der Waals surface area contributed by atoms with E-state index in [9.17, 15) is 4.79 Å². The number of rotatable bonds is 5. The molecule has 18 heavy (non-hydrogen) atoms. The fourth-order valence-corrected chi connectivity index (χ4v) is 2.48. The van der Waals surface area contributed by atoms with E-state index < -0.39 is 0 Å². The Balaban J connectivity index is 1.80. The van der Waals surface area contributed by atoms with Crippen LogP contribution >= 0.6 is 0 Å². The predicted molar refractivity (Wildman–Crippen MR) is 68.0 cm³/mol. The number of amides is 1. The van der Waals surface area contributed by atoms with E-state index in [2.05, 4.69) is 5.32 Å². The minimum absolute atomic E-state index is 0.156. The number of hydrogen-bond donors (Lipinski definition) is 1. The van der Waals surface area contributed by atoms with Gasteiger partial charge in [0, 0.05) is 13.0 Å². The van der Waals surface area contributed by atoms with Crippen molar-refractivity contribution >= 4 is 5.91 Å². The molecule has 1 aromatic heterocycles. The number of carbonyl (C=O) groups is 1. The van der Waals surface area contributed by atoms with Crippen molar-refractivity contribution in [3.05, 3.63) is 24.2 Å². The lowest BCUT2D eigenvalue weighted by Gasteiger charge is -2.22. The molecule has 0 saturated heterocycles. The molecular weight excluding hydrogens is 230 g/mol. The second-order valence-corrected chi connectivity index (χ2v) is 4.82. The van der Waals surface area contributed by atoms with Crippen LogP contribution in [0.15, 0.2) is 22.8 Å². The van der Waals surface area contributed by atoms with Crippen molar-refractivity contribution in [3.8, 4) is 0 Å². The van der Waals surface area contributed by atoms with Crippen LogP contribution in [0.2, 0.25) is 0 Å². The largest absolute Gasteiger partial charge is 0.467 e. The van der Waals surface area contributed by atoms with Crippen molar-refractivity contribution < 1.29 is 13.9 Å². The summed E-state index contributed by atoms with van der Waals surface area (Å²) in [5, 5.41) is 2.97. The van der Waals surface area contributed by atoms with Crippen LogP contribution in [0, 0.1) is 5.92 Å². The summed E-state index contributed by atoms with van der Waals surface area (Å²) in [6, 6.07) is 3.69. The number of nitrogens with one attached hydrogen (secondary N) is 1. The van der Waals surface area contributed by atoms with Gasteiger partial charge in [0.15, 0.2) is 0 Å². The van der Waals surface area contributed by atoms with Crippen LogP contribution in [0.3, 0.4) is 0 Å². The van der Waals surface area contributed by atoms with Gasteiger partial charge < -0.3 is 14.5 Å². The maximum absolute atomic E-state index is 12.0. The first-order valence-corrected chi connectivity index (χ1v) is 6.65. The third-order valence-electron chi connectivity index (χ3n) is 3.58. The van der Waals surface area contributed by atoms with Crippen molar-refractivity contribution in [3.63, 3.8) is 0 Å². The second kappa shape index (κ2) is 6.59. The molecule has 0 aliphatic heterocycles. The number of furan rings is 1. The molecule has 1 saturated carbocycles. The van der Waals surface area contributed by atoms with Gasteiger partial charge in [-0.25, -0.2) is 0 Å². The van der Waals surface area contributed by atoms with E-state index in [4.69, 9.17) is 9.15 Å². The second-order valence-electron chi connectivity index (χ2n) is 4.82. The van der Waals surface area contributed by atoms with E-state index in [0.717, 1.165) is 18.6 Å². The van der Waals surface area contributed by atoms with E-state index >= 15 is 0 Å². The van der Waals surface area contributed by atoms with Gasteiger partial charge in [0.1, 0.15) is 11.9 Å². The summed E-state index contributed by atoms with van der Waals surface area (Å²) in [5.74, 6) is 1.10. The summed E-state index contributed by atoms with van der Waals surface area (Å²) >= 11 is 0. The Hall–Kier alpha value is -1.29. The molecule has 0 aromatic carbocycles. The number of carbonyl (C=O) groups excluding carboxylic acids is 1. The van der Waals surface area contributed by atoms with Crippen molar-refractivity contribution in [2.75, 3.05) is 13.7 Å². The summed E-state index contributed by atoms with van der Waals surface area (Å²) in [6.07, 6.45) is 7.05. The molecule has 1 unspecified atom stereocenters. The highest BCUT2D eigenvalue weighted by atomic mass is 16.5. The number of hydrogen-bond acceptors (Lipinski definition) is 3. The molecule has 100 valence electrons. The highest BCUT2D eigenvalue weighted by Gasteiger charge is 2.22. The van der Waals surface area contributed by atoms with E-state index in [1.165, 1.54) is 19.3 Å². The Morgan fingerprint density at radius 2 is 2.28 bits per heavy atom. The Morgan fingerprint density at radius 1 is 1.50 bits per heavy atom. The number of ether oxygens (including phenoxy) is 1. The van der Waals surface area contributed by atoms with Gasteiger partial charge in [-0.05, 0) is 25.0 Å². The molecule has 1 N–H and O–H groups in total. The van der Waals surface area contributed by atoms with Crippen molar-refractivity contribution in [2.45, 2.75) is 38.2 Å². The topological polar surface area (TPSA) is 51.5 Å². The highest BCUT2D eigenvalue weighted by molar-refractivity contribution is 5.78. The first kappa shape index (κ1) is 13.1. The average molecular weight is 251 g/mol. The molecule has 1 aliphatic carbocycles. The van der Waals surface area contributed by atoms with E-state index in [1.54, 1.807) is 13.4 Å². The quantitative estimate of drug-likeness (QED) is 0.875. The van der Waals surface area contributed by atoms with Crippen molar-refractivity contribution in [2.24, 2.45) is 5.92 Å². The third-order valence-corrected chi connectivity index (χ3v) is 3.58. The van der Waals surface area contributed by atoms with E-state index in [1.807, 2.05) is 12.1 Å².